The van der Waals surface area contributed by atoms with Crippen LogP contribution in [0.3, 0.4) is 0 Å². The summed E-state index contributed by atoms with van der Waals surface area (Å²) in [6.45, 7) is 4.94. The first-order chi connectivity index (χ1) is 36.5. The van der Waals surface area contributed by atoms with Crippen LogP contribution < -0.4 is 5.32 Å². The smallest absolute Gasteiger partial charge is 0.305 e. The SMILES string of the molecule is CCCCCCCCCCCCCCCCCC/C=C/C(O)C(CO)NC(=O)CCCCCCCCCC/C=C\CCCCCCCCCCCCCCOC(=O)CCCCCCCCCCCCCCCCC. The number of hydrogen-bond donors (Lipinski definition) is 3. The minimum absolute atomic E-state index is 0.0155. The fraction of sp³-hybridized carbons (Fsp3) is 0.912. The molecule has 6 nitrogen and oxygen atoms in total. The highest BCUT2D eigenvalue weighted by atomic mass is 16.5. The second-order valence-electron chi connectivity index (χ2n) is 23.2. The molecule has 6 heteroatoms. The average Bonchev–Trinajstić information content (AvgIpc) is 3.40. The lowest BCUT2D eigenvalue weighted by Gasteiger charge is -2.20. The van der Waals surface area contributed by atoms with Gasteiger partial charge >= 0.3 is 5.97 Å². The molecule has 0 aromatic rings. The number of ether oxygens (including phenoxy) is 1. The normalized spacial score (nSPS) is 12.6. The van der Waals surface area contributed by atoms with E-state index in [-0.39, 0.29) is 18.5 Å². The molecule has 0 saturated heterocycles. The summed E-state index contributed by atoms with van der Waals surface area (Å²) < 4.78 is 5.49. The zero-order valence-electron chi connectivity index (χ0n) is 50.1. The van der Waals surface area contributed by atoms with Crippen molar-refractivity contribution in [2.45, 2.75) is 386 Å². The van der Waals surface area contributed by atoms with Crippen LogP contribution in [0.2, 0.25) is 0 Å². The Kier molecular flexibility index (Phi) is 62.4. The van der Waals surface area contributed by atoms with Gasteiger partial charge in [0, 0.05) is 12.8 Å². The van der Waals surface area contributed by atoms with Crippen molar-refractivity contribution in [2.24, 2.45) is 0 Å². The first-order valence-corrected chi connectivity index (χ1v) is 33.6. The van der Waals surface area contributed by atoms with Gasteiger partial charge in [0.2, 0.25) is 5.91 Å². The minimum Gasteiger partial charge on any atom is -0.466 e. The second kappa shape index (κ2) is 63.9. The molecule has 3 N–H and O–H groups in total. The van der Waals surface area contributed by atoms with E-state index in [2.05, 4.69) is 31.3 Å². The van der Waals surface area contributed by atoms with Crippen LogP contribution in [0.1, 0.15) is 373 Å². The Morgan fingerprint density at radius 2 is 0.635 bits per heavy atom. The van der Waals surface area contributed by atoms with E-state index in [1.165, 1.54) is 308 Å². The third-order valence-corrected chi connectivity index (χ3v) is 15.7. The molecule has 74 heavy (non-hydrogen) atoms. The van der Waals surface area contributed by atoms with Crippen molar-refractivity contribution in [3.8, 4) is 0 Å². The Morgan fingerprint density at radius 1 is 0.365 bits per heavy atom. The summed E-state index contributed by atoms with van der Waals surface area (Å²) in [5, 5.41) is 23.2. The molecule has 2 atom stereocenters. The van der Waals surface area contributed by atoms with Gasteiger partial charge in [0.1, 0.15) is 0 Å². The molecule has 0 aliphatic heterocycles. The molecule has 0 rings (SSSR count). The number of rotatable bonds is 63. The lowest BCUT2D eigenvalue weighted by molar-refractivity contribution is -0.143. The predicted octanol–water partition coefficient (Wildman–Crippen LogP) is 21.4. The predicted molar refractivity (Wildman–Crippen MR) is 324 cm³/mol. The molecule has 0 aromatic carbocycles. The Hall–Kier alpha value is -1.66. The topological polar surface area (TPSA) is 95.9 Å². The number of allylic oxidation sites excluding steroid dienone is 3. The zero-order chi connectivity index (χ0) is 53.6. The van der Waals surface area contributed by atoms with E-state index in [1.54, 1.807) is 6.08 Å². The van der Waals surface area contributed by atoms with E-state index >= 15 is 0 Å². The quantitative estimate of drug-likeness (QED) is 0.0320. The Balaban J connectivity index is 3.42. The van der Waals surface area contributed by atoms with E-state index in [0.29, 0.717) is 19.4 Å². The van der Waals surface area contributed by atoms with E-state index in [0.717, 1.165) is 38.5 Å². The Bertz CT molecular complexity index is 1150. The molecule has 2 unspecified atom stereocenters. The standard InChI is InChI=1S/C68H131NO5/c1-3-5-7-9-11-13-15-17-19-20-29-33-36-40-44-48-52-56-60-66(71)65(64-70)69-67(72)61-57-53-49-45-41-37-34-30-27-25-23-21-22-24-26-28-31-35-39-43-47-51-55-59-63-74-68(73)62-58-54-50-46-42-38-32-18-16-14-12-10-8-6-4-2/h23,25,56,60,65-66,70-71H,3-22,24,26-55,57-59,61-64H2,1-2H3,(H,69,72)/b25-23-,60-56+. The van der Waals surface area contributed by atoms with Crippen LogP contribution in [0, 0.1) is 0 Å². The van der Waals surface area contributed by atoms with Gasteiger partial charge in [-0.05, 0) is 57.8 Å². The lowest BCUT2D eigenvalue weighted by atomic mass is 10.0. The number of unbranched alkanes of at least 4 members (excludes halogenated alkanes) is 50. The van der Waals surface area contributed by atoms with Gasteiger partial charge in [-0.15, -0.1) is 0 Å². The highest BCUT2D eigenvalue weighted by Gasteiger charge is 2.18. The highest BCUT2D eigenvalue weighted by Crippen LogP contribution is 2.18. The summed E-state index contributed by atoms with van der Waals surface area (Å²) in [7, 11) is 0. The summed E-state index contributed by atoms with van der Waals surface area (Å²) in [4.78, 5) is 24.6. The molecule has 0 radical (unpaired) electrons. The molecule has 0 aliphatic carbocycles. The summed E-state index contributed by atoms with van der Waals surface area (Å²) in [5.41, 5.74) is 0. The number of nitrogens with one attached hydrogen (secondary N) is 1. The molecule has 0 bridgehead atoms. The number of amides is 1. The molecule has 0 spiro atoms. The molecular formula is C68H131NO5. The van der Waals surface area contributed by atoms with Crippen LogP contribution in [0.25, 0.3) is 0 Å². The van der Waals surface area contributed by atoms with Crippen molar-refractivity contribution in [3.05, 3.63) is 24.3 Å². The van der Waals surface area contributed by atoms with Gasteiger partial charge in [0.25, 0.3) is 0 Å². The van der Waals surface area contributed by atoms with Gasteiger partial charge in [-0.3, -0.25) is 9.59 Å². The monoisotopic (exact) mass is 1040 g/mol. The van der Waals surface area contributed by atoms with E-state index < -0.39 is 12.1 Å². The van der Waals surface area contributed by atoms with Gasteiger partial charge in [0.15, 0.2) is 0 Å². The minimum atomic E-state index is -0.847. The van der Waals surface area contributed by atoms with Gasteiger partial charge in [-0.2, -0.15) is 0 Å². The van der Waals surface area contributed by atoms with Gasteiger partial charge in [0.05, 0.1) is 25.4 Å². The summed E-state index contributed by atoms with van der Waals surface area (Å²) in [5.74, 6) is -0.0539. The number of aliphatic hydroxyl groups excluding tert-OH is 2. The fourth-order valence-corrected chi connectivity index (χ4v) is 10.6. The molecule has 0 heterocycles. The van der Waals surface area contributed by atoms with Crippen molar-refractivity contribution in [3.63, 3.8) is 0 Å². The fourth-order valence-electron chi connectivity index (χ4n) is 10.6. The van der Waals surface area contributed by atoms with E-state index in [1.807, 2.05) is 6.08 Å². The van der Waals surface area contributed by atoms with Crippen LogP contribution in [-0.4, -0.2) is 47.4 Å². The highest BCUT2D eigenvalue weighted by molar-refractivity contribution is 5.76. The Morgan fingerprint density at radius 3 is 0.959 bits per heavy atom. The second-order valence-corrected chi connectivity index (χ2v) is 23.2. The van der Waals surface area contributed by atoms with E-state index in [9.17, 15) is 19.8 Å². The number of aliphatic hydroxyl groups is 2. The summed E-state index contributed by atoms with van der Waals surface area (Å²) in [6.07, 6.45) is 79.5. The number of carbonyl (C=O) groups is 2. The number of esters is 1. The van der Waals surface area contributed by atoms with Crippen molar-refractivity contribution in [1.82, 2.24) is 5.32 Å². The van der Waals surface area contributed by atoms with Crippen LogP contribution in [0.4, 0.5) is 0 Å². The van der Waals surface area contributed by atoms with Crippen molar-refractivity contribution in [2.75, 3.05) is 13.2 Å². The van der Waals surface area contributed by atoms with Crippen molar-refractivity contribution >= 4 is 11.9 Å². The average molecular weight is 1040 g/mol. The molecule has 0 fully saturated rings. The van der Waals surface area contributed by atoms with Crippen LogP contribution in [-0.2, 0) is 14.3 Å². The first kappa shape index (κ1) is 72.3. The Labute approximate surface area is 462 Å². The summed E-state index contributed by atoms with van der Waals surface area (Å²) >= 11 is 0. The molecule has 438 valence electrons. The van der Waals surface area contributed by atoms with Crippen LogP contribution in [0.5, 0.6) is 0 Å². The van der Waals surface area contributed by atoms with Gasteiger partial charge in [-0.25, -0.2) is 0 Å². The lowest BCUT2D eigenvalue weighted by Crippen LogP contribution is -2.45. The molecular weight excluding hydrogens is 911 g/mol. The van der Waals surface area contributed by atoms with Crippen LogP contribution in [0.15, 0.2) is 24.3 Å². The molecule has 0 aromatic heterocycles. The maximum atomic E-state index is 12.5. The maximum Gasteiger partial charge on any atom is 0.305 e. The van der Waals surface area contributed by atoms with Crippen molar-refractivity contribution < 1.29 is 24.5 Å². The van der Waals surface area contributed by atoms with Crippen LogP contribution >= 0.6 is 0 Å². The van der Waals surface area contributed by atoms with E-state index in [4.69, 9.17) is 4.74 Å². The summed E-state index contributed by atoms with van der Waals surface area (Å²) in [6, 6.07) is -0.631. The third kappa shape index (κ3) is 59.6. The zero-order valence-corrected chi connectivity index (χ0v) is 50.1. The maximum absolute atomic E-state index is 12.5. The number of carbonyl (C=O) groups excluding carboxylic acids is 2. The van der Waals surface area contributed by atoms with Gasteiger partial charge in [-0.1, -0.05) is 327 Å². The van der Waals surface area contributed by atoms with Crippen molar-refractivity contribution in [1.29, 1.82) is 0 Å². The third-order valence-electron chi connectivity index (χ3n) is 15.7. The number of hydrogen-bond acceptors (Lipinski definition) is 5. The largest absolute Gasteiger partial charge is 0.466 e. The molecule has 1 amide bonds. The van der Waals surface area contributed by atoms with Gasteiger partial charge < -0.3 is 20.3 Å². The first-order valence-electron chi connectivity index (χ1n) is 33.6. The molecule has 0 saturated carbocycles. The molecule has 0 aliphatic rings.